The molecule has 5 saturated carbocycles. The topological polar surface area (TPSA) is 101 Å². The van der Waals surface area contributed by atoms with Gasteiger partial charge in [0.1, 0.15) is 6.61 Å². The normalized spacial score (nSPS) is 46.3. The number of carbonyl (C=O) groups excluding carboxylic acids is 3. The molecule has 1 spiro atoms. The number of allylic oxidation sites excluding steroid dienone is 1. The predicted molar refractivity (Wildman–Crippen MR) is 105 cm³/mol. The SMILES string of the molecule is C=C1C(=O)[C@]23CC[C@H]1CC2[C@]1(CO)CCC[C@@](C)(CO)C1[C@H](COC(C)=O)C3=O. The van der Waals surface area contributed by atoms with Gasteiger partial charge in [-0.1, -0.05) is 19.9 Å². The molecular formula is C23H32O6. The Morgan fingerprint density at radius 3 is 2.55 bits per heavy atom. The van der Waals surface area contributed by atoms with Crippen molar-refractivity contribution in [2.75, 3.05) is 19.8 Å². The van der Waals surface area contributed by atoms with Gasteiger partial charge in [0.15, 0.2) is 11.6 Å². The van der Waals surface area contributed by atoms with Crippen LogP contribution < -0.4 is 0 Å². The van der Waals surface area contributed by atoms with Gasteiger partial charge < -0.3 is 14.9 Å². The molecule has 6 nitrogen and oxygen atoms in total. The molecule has 7 atom stereocenters. The molecule has 0 aromatic heterocycles. The van der Waals surface area contributed by atoms with Crippen LogP contribution in [0, 0.1) is 39.9 Å². The van der Waals surface area contributed by atoms with Crippen LogP contribution in [0.25, 0.3) is 0 Å². The Morgan fingerprint density at radius 2 is 1.93 bits per heavy atom. The molecule has 0 radical (unpaired) electrons. The molecule has 5 aliphatic rings. The first-order valence-electron chi connectivity index (χ1n) is 10.8. The molecule has 2 unspecified atom stereocenters. The van der Waals surface area contributed by atoms with Crippen molar-refractivity contribution in [3.63, 3.8) is 0 Å². The summed E-state index contributed by atoms with van der Waals surface area (Å²) in [7, 11) is 0. The van der Waals surface area contributed by atoms with E-state index in [0.717, 1.165) is 19.3 Å². The summed E-state index contributed by atoms with van der Waals surface area (Å²) in [6.45, 7) is 6.94. The average Bonchev–Trinajstić information content (AvgIpc) is 2.71. The quantitative estimate of drug-likeness (QED) is 0.423. The van der Waals surface area contributed by atoms with E-state index < -0.39 is 28.1 Å². The fourth-order valence-electron chi connectivity index (χ4n) is 7.80. The zero-order chi connectivity index (χ0) is 21.2. The van der Waals surface area contributed by atoms with Crippen molar-refractivity contribution < 1.29 is 29.3 Å². The van der Waals surface area contributed by atoms with Gasteiger partial charge >= 0.3 is 5.97 Å². The van der Waals surface area contributed by atoms with Crippen molar-refractivity contribution in [1.82, 2.24) is 0 Å². The van der Waals surface area contributed by atoms with E-state index in [9.17, 15) is 24.6 Å². The number of Topliss-reactive ketones (excluding diaryl/α,β-unsaturated/α-hetero) is 2. The molecule has 0 saturated heterocycles. The zero-order valence-electron chi connectivity index (χ0n) is 17.4. The predicted octanol–water partition coefficient (Wildman–Crippen LogP) is 2.07. The standard InChI is InChI=1S/C23H32O6/c1-13-15-5-8-23(19(13)27)17(9-15)22(12-25)7-4-6-21(3,11-24)18(22)16(20(23)28)10-29-14(2)26/h15-18,24-25H,1,4-12H2,2-3H3/t15-,16-,17?,18?,21-,22+,23-/m0/s1. The third kappa shape index (κ3) is 2.51. The molecule has 0 aromatic carbocycles. The maximum atomic E-state index is 14.0. The number of carbonyl (C=O) groups is 3. The van der Waals surface area contributed by atoms with Gasteiger partial charge in [-0.25, -0.2) is 0 Å². The Bertz CT molecular complexity index is 773. The fraction of sp³-hybridized carbons (Fsp3) is 0.783. The van der Waals surface area contributed by atoms with E-state index in [1.807, 2.05) is 6.92 Å². The van der Waals surface area contributed by atoms with E-state index in [-0.39, 0.29) is 49.1 Å². The van der Waals surface area contributed by atoms with Gasteiger partial charge in [0.2, 0.25) is 0 Å². The fourth-order valence-corrected chi connectivity index (χ4v) is 7.80. The summed E-state index contributed by atoms with van der Waals surface area (Å²) >= 11 is 0. The molecule has 0 heterocycles. The Balaban J connectivity index is 1.91. The van der Waals surface area contributed by atoms with E-state index in [4.69, 9.17) is 4.74 Å². The third-order valence-corrected chi connectivity index (χ3v) is 8.95. The van der Waals surface area contributed by atoms with Gasteiger partial charge in [-0.3, -0.25) is 14.4 Å². The van der Waals surface area contributed by atoms with Crippen LogP contribution >= 0.6 is 0 Å². The maximum absolute atomic E-state index is 14.0. The van der Waals surface area contributed by atoms with E-state index in [1.54, 1.807) is 0 Å². The number of esters is 1. The molecule has 0 amide bonds. The summed E-state index contributed by atoms with van der Waals surface area (Å²) in [5.74, 6) is -2.01. The van der Waals surface area contributed by atoms with E-state index in [0.29, 0.717) is 24.8 Å². The molecule has 5 aliphatic carbocycles. The van der Waals surface area contributed by atoms with E-state index in [2.05, 4.69) is 6.58 Å². The van der Waals surface area contributed by atoms with Gasteiger partial charge in [0, 0.05) is 25.6 Å². The summed E-state index contributed by atoms with van der Waals surface area (Å²) in [4.78, 5) is 39.0. The second-order valence-electron chi connectivity index (χ2n) is 10.2. The smallest absolute Gasteiger partial charge is 0.302 e. The summed E-state index contributed by atoms with van der Waals surface area (Å²) in [5, 5.41) is 21.1. The lowest BCUT2D eigenvalue weighted by Crippen LogP contribution is -2.72. The van der Waals surface area contributed by atoms with Crippen LogP contribution in [-0.2, 0) is 19.1 Å². The van der Waals surface area contributed by atoms with E-state index in [1.165, 1.54) is 6.92 Å². The van der Waals surface area contributed by atoms with Crippen molar-refractivity contribution >= 4 is 17.5 Å². The number of hydrogen-bond donors (Lipinski definition) is 2. The second kappa shape index (κ2) is 6.74. The largest absolute Gasteiger partial charge is 0.465 e. The van der Waals surface area contributed by atoms with E-state index >= 15 is 0 Å². The van der Waals surface area contributed by atoms with Crippen molar-refractivity contribution in [2.24, 2.45) is 39.9 Å². The lowest BCUT2D eigenvalue weighted by Gasteiger charge is -2.68. The number of aliphatic hydroxyl groups excluding tert-OH is 2. The van der Waals surface area contributed by atoms with Gasteiger partial charge in [-0.15, -0.1) is 0 Å². The van der Waals surface area contributed by atoms with Gasteiger partial charge in [-0.05, 0) is 60.8 Å². The molecule has 5 fully saturated rings. The van der Waals surface area contributed by atoms with Crippen LogP contribution in [0.15, 0.2) is 12.2 Å². The molecular weight excluding hydrogens is 372 g/mol. The molecule has 2 N–H and O–H groups in total. The minimum Gasteiger partial charge on any atom is -0.465 e. The molecule has 5 rings (SSSR count). The first-order chi connectivity index (χ1) is 13.7. The Kier molecular flexibility index (Phi) is 4.82. The highest BCUT2D eigenvalue weighted by atomic mass is 16.5. The highest BCUT2D eigenvalue weighted by Gasteiger charge is 2.74. The number of fused-ring (bicyclic) bond motifs is 3. The number of ketones is 2. The summed E-state index contributed by atoms with van der Waals surface area (Å²) in [5.41, 5.74) is -1.83. The van der Waals surface area contributed by atoms with Crippen LogP contribution in [0.4, 0.5) is 0 Å². The van der Waals surface area contributed by atoms with Gasteiger partial charge in [0.05, 0.1) is 11.3 Å². The number of rotatable bonds is 4. The maximum Gasteiger partial charge on any atom is 0.302 e. The average molecular weight is 405 g/mol. The van der Waals surface area contributed by atoms with Crippen molar-refractivity contribution in [2.45, 2.75) is 52.4 Å². The van der Waals surface area contributed by atoms with Crippen molar-refractivity contribution in [1.29, 1.82) is 0 Å². The number of aliphatic hydroxyl groups is 2. The number of hydrogen-bond acceptors (Lipinski definition) is 6. The van der Waals surface area contributed by atoms with Crippen molar-refractivity contribution in [3.05, 3.63) is 12.2 Å². The van der Waals surface area contributed by atoms with Crippen LogP contribution in [-0.4, -0.2) is 47.6 Å². The van der Waals surface area contributed by atoms with Crippen LogP contribution in [0.3, 0.4) is 0 Å². The van der Waals surface area contributed by atoms with Crippen molar-refractivity contribution in [3.8, 4) is 0 Å². The van der Waals surface area contributed by atoms with Crippen LogP contribution in [0.1, 0.15) is 52.4 Å². The molecule has 2 bridgehead atoms. The minimum absolute atomic E-state index is 0.0681. The first-order valence-corrected chi connectivity index (χ1v) is 10.8. The lowest BCUT2D eigenvalue weighted by molar-refractivity contribution is -0.219. The highest BCUT2D eigenvalue weighted by Crippen LogP contribution is 2.71. The monoisotopic (exact) mass is 404 g/mol. The van der Waals surface area contributed by atoms with Crippen LogP contribution in [0.5, 0.6) is 0 Å². The minimum atomic E-state index is -1.16. The molecule has 160 valence electrons. The molecule has 6 heteroatoms. The Morgan fingerprint density at radius 1 is 1.21 bits per heavy atom. The first kappa shape index (κ1) is 20.7. The second-order valence-corrected chi connectivity index (χ2v) is 10.2. The molecule has 29 heavy (non-hydrogen) atoms. The molecule has 0 aliphatic heterocycles. The Hall–Kier alpha value is -1.53. The van der Waals surface area contributed by atoms with Crippen LogP contribution in [0.2, 0.25) is 0 Å². The third-order valence-electron chi connectivity index (χ3n) is 8.95. The summed E-state index contributed by atoms with van der Waals surface area (Å²) in [6, 6.07) is 0. The number of ether oxygens (including phenoxy) is 1. The lowest BCUT2D eigenvalue weighted by atomic mass is 9.34. The summed E-state index contributed by atoms with van der Waals surface area (Å²) < 4.78 is 5.32. The highest BCUT2D eigenvalue weighted by molar-refractivity contribution is 6.17. The zero-order valence-corrected chi connectivity index (χ0v) is 17.4. The Labute approximate surface area is 171 Å². The molecule has 0 aromatic rings. The summed E-state index contributed by atoms with van der Waals surface area (Å²) in [6.07, 6.45) is 4.22. The van der Waals surface area contributed by atoms with Gasteiger partial charge in [0.25, 0.3) is 0 Å². The van der Waals surface area contributed by atoms with Gasteiger partial charge in [-0.2, -0.15) is 0 Å².